The molecule has 2 aromatic carbocycles. The minimum Gasteiger partial charge on any atom is -0.454 e. The molecule has 3 N–H and O–H groups in total. The van der Waals surface area contributed by atoms with Crippen molar-refractivity contribution in [3.63, 3.8) is 0 Å². The van der Waals surface area contributed by atoms with Crippen molar-refractivity contribution in [3.8, 4) is 11.5 Å². The fraction of sp³-hybridized carbons (Fsp3) is 0.364. The molecule has 30 heavy (non-hydrogen) atoms. The van der Waals surface area contributed by atoms with E-state index in [4.69, 9.17) is 14.2 Å². The first kappa shape index (κ1) is 20.2. The first-order valence-electron chi connectivity index (χ1n) is 9.91. The fourth-order valence-electron chi connectivity index (χ4n) is 3.84. The van der Waals surface area contributed by atoms with Gasteiger partial charge in [0.15, 0.2) is 11.5 Å². The minimum atomic E-state index is -1.29. The maximum atomic E-state index is 12.4. The Balaban J connectivity index is 1.42. The van der Waals surface area contributed by atoms with Crippen molar-refractivity contribution in [1.82, 2.24) is 5.32 Å². The molecule has 0 unspecified atom stereocenters. The average Bonchev–Trinajstić information content (AvgIpc) is 3.26. The van der Waals surface area contributed by atoms with E-state index >= 15 is 0 Å². The summed E-state index contributed by atoms with van der Waals surface area (Å²) < 4.78 is 15.9. The summed E-state index contributed by atoms with van der Waals surface area (Å²) in [5, 5.41) is 16.6. The Labute approximate surface area is 174 Å². The van der Waals surface area contributed by atoms with Gasteiger partial charge in [-0.2, -0.15) is 0 Å². The molecule has 8 nitrogen and oxygen atoms in total. The Morgan fingerprint density at radius 3 is 2.50 bits per heavy atom. The van der Waals surface area contributed by atoms with Crippen LogP contribution in [0.1, 0.15) is 18.4 Å². The summed E-state index contributed by atoms with van der Waals surface area (Å²) in [6.45, 7) is 1.16. The van der Waals surface area contributed by atoms with E-state index in [2.05, 4.69) is 10.6 Å². The van der Waals surface area contributed by atoms with Crippen LogP contribution in [0, 0.1) is 5.92 Å². The Bertz CT molecular complexity index is 913. The number of hydrogen-bond donors (Lipinski definition) is 3. The molecule has 2 aliphatic heterocycles. The van der Waals surface area contributed by atoms with Crippen molar-refractivity contribution in [1.29, 1.82) is 0 Å². The van der Waals surface area contributed by atoms with Crippen LogP contribution >= 0.6 is 0 Å². The second-order valence-corrected chi connectivity index (χ2v) is 7.38. The van der Waals surface area contributed by atoms with E-state index in [0.717, 1.165) is 0 Å². The number of nitrogens with one attached hydrogen (secondary N) is 2. The molecule has 0 radical (unpaired) electrons. The van der Waals surface area contributed by atoms with Gasteiger partial charge in [-0.25, -0.2) is 0 Å². The largest absolute Gasteiger partial charge is 0.454 e. The van der Waals surface area contributed by atoms with Crippen LogP contribution in [0.15, 0.2) is 48.5 Å². The van der Waals surface area contributed by atoms with Gasteiger partial charge in [-0.15, -0.1) is 0 Å². The third-order valence-electron chi connectivity index (χ3n) is 5.53. The highest BCUT2D eigenvalue weighted by atomic mass is 16.7. The van der Waals surface area contributed by atoms with Gasteiger partial charge in [0.2, 0.25) is 6.79 Å². The maximum absolute atomic E-state index is 12.4. The van der Waals surface area contributed by atoms with Crippen LogP contribution in [0.25, 0.3) is 0 Å². The molecular formula is C22H24N2O6. The number of fused-ring (bicyclic) bond motifs is 1. The monoisotopic (exact) mass is 412 g/mol. The summed E-state index contributed by atoms with van der Waals surface area (Å²) in [5.74, 6) is -0.649. The summed E-state index contributed by atoms with van der Waals surface area (Å²) in [4.78, 5) is 24.8. The zero-order chi connectivity index (χ0) is 21.0. The van der Waals surface area contributed by atoms with Gasteiger partial charge >= 0.3 is 11.8 Å². The summed E-state index contributed by atoms with van der Waals surface area (Å²) in [6.07, 6.45) is 1.34. The number of benzene rings is 2. The van der Waals surface area contributed by atoms with Crippen molar-refractivity contribution in [2.24, 2.45) is 5.92 Å². The number of aliphatic hydroxyl groups is 1. The van der Waals surface area contributed by atoms with E-state index in [0.29, 0.717) is 48.8 Å². The Morgan fingerprint density at radius 2 is 1.73 bits per heavy atom. The van der Waals surface area contributed by atoms with Gasteiger partial charge in [-0.3, -0.25) is 9.59 Å². The number of carbonyl (C=O) groups is 2. The molecule has 1 saturated heterocycles. The van der Waals surface area contributed by atoms with Crippen LogP contribution in [0.3, 0.4) is 0 Å². The van der Waals surface area contributed by atoms with Crippen molar-refractivity contribution >= 4 is 17.5 Å². The van der Waals surface area contributed by atoms with Crippen LogP contribution in [0.5, 0.6) is 11.5 Å². The van der Waals surface area contributed by atoms with Gasteiger partial charge in [-0.1, -0.05) is 30.3 Å². The molecule has 2 aliphatic rings. The van der Waals surface area contributed by atoms with E-state index in [1.807, 2.05) is 30.3 Å². The lowest BCUT2D eigenvalue weighted by molar-refractivity contribution is -0.137. The molecule has 0 aliphatic carbocycles. The topological polar surface area (TPSA) is 106 Å². The number of amides is 2. The van der Waals surface area contributed by atoms with E-state index < -0.39 is 17.4 Å². The fourth-order valence-corrected chi connectivity index (χ4v) is 3.84. The lowest BCUT2D eigenvalue weighted by atomic mass is 9.77. The average molecular weight is 412 g/mol. The van der Waals surface area contributed by atoms with Gasteiger partial charge in [0.05, 0.1) is 6.54 Å². The van der Waals surface area contributed by atoms with Crippen molar-refractivity contribution in [2.75, 3.05) is 31.9 Å². The number of rotatable bonds is 5. The summed E-state index contributed by atoms with van der Waals surface area (Å²) in [6, 6.07) is 14.1. The lowest BCUT2D eigenvalue weighted by Crippen LogP contribution is -2.49. The van der Waals surface area contributed by atoms with Gasteiger partial charge in [0.25, 0.3) is 0 Å². The third-order valence-corrected chi connectivity index (χ3v) is 5.53. The zero-order valence-electron chi connectivity index (χ0n) is 16.4. The molecule has 0 spiro atoms. The van der Waals surface area contributed by atoms with Gasteiger partial charge in [0.1, 0.15) is 5.60 Å². The SMILES string of the molecule is O=C(NC[C@](O)(c1ccccc1)C1CCOCC1)C(=O)Nc1ccc2c(c1)OCO2. The van der Waals surface area contributed by atoms with Crippen molar-refractivity contribution in [2.45, 2.75) is 18.4 Å². The lowest BCUT2D eigenvalue weighted by Gasteiger charge is -2.39. The summed E-state index contributed by atoms with van der Waals surface area (Å²) in [7, 11) is 0. The summed E-state index contributed by atoms with van der Waals surface area (Å²) >= 11 is 0. The van der Waals surface area contributed by atoms with Crippen LogP contribution in [-0.2, 0) is 19.9 Å². The predicted molar refractivity (Wildman–Crippen MR) is 108 cm³/mol. The van der Waals surface area contributed by atoms with Gasteiger partial charge in [0, 0.05) is 25.0 Å². The molecule has 2 heterocycles. The Kier molecular flexibility index (Phi) is 5.87. The second-order valence-electron chi connectivity index (χ2n) is 7.38. The Hall–Kier alpha value is -3.10. The highest BCUT2D eigenvalue weighted by Gasteiger charge is 2.39. The molecule has 0 saturated carbocycles. The first-order valence-corrected chi connectivity index (χ1v) is 9.91. The van der Waals surface area contributed by atoms with Crippen LogP contribution < -0.4 is 20.1 Å². The molecule has 0 aromatic heterocycles. The maximum Gasteiger partial charge on any atom is 0.313 e. The zero-order valence-corrected chi connectivity index (χ0v) is 16.4. The second kappa shape index (κ2) is 8.73. The smallest absolute Gasteiger partial charge is 0.313 e. The highest BCUT2D eigenvalue weighted by molar-refractivity contribution is 6.39. The molecule has 158 valence electrons. The van der Waals surface area contributed by atoms with Crippen LogP contribution in [0.4, 0.5) is 5.69 Å². The van der Waals surface area contributed by atoms with Crippen LogP contribution in [-0.4, -0.2) is 43.5 Å². The van der Waals surface area contributed by atoms with Crippen molar-refractivity contribution < 1.29 is 28.9 Å². The number of hydrogen-bond acceptors (Lipinski definition) is 6. The van der Waals surface area contributed by atoms with E-state index in [1.54, 1.807) is 18.2 Å². The van der Waals surface area contributed by atoms with E-state index in [-0.39, 0.29) is 19.3 Å². The van der Waals surface area contributed by atoms with Gasteiger partial charge < -0.3 is 30.0 Å². The third kappa shape index (κ3) is 4.24. The van der Waals surface area contributed by atoms with E-state index in [1.165, 1.54) is 0 Å². The van der Waals surface area contributed by atoms with Crippen molar-refractivity contribution in [3.05, 3.63) is 54.1 Å². The molecule has 0 bridgehead atoms. The number of ether oxygens (including phenoxy) is 3. The number of carbonyl (C=O) groups excluding carboxylic acids is 2. The molecular weight excluding hydrogens is 388 g/mol. The minimum absolute atomic E-state index is 0.0743. The normalized spacial score (nSPS) is 17.8. The first-order chi connectivity index (χ1) is 14.6. The molecule has 4 rings (SSSR count). The molecule has 2 aromatic rings. The van der Waals surface area contributed by atoms with Gasteiger partial charge in [-0.05, 0) is 36.5 Å². The summed E-state index contributed by atoms with van der Waals surface area (Å²) in [5.41, 5.74) is -0.171. The van der Waals surface area contributed by atoms with Crippen LogP contribution in [0.2, 0.25) is 0 Å². The predicted octanol–water partition coefficient (Wildman–Crippen LogP) is 1.78. The quantitative estimate of drug-likeness (QED) is 0.647. The number of anilines is 1. The molecule has 1 atom stereocenters. The van der Waals surface area contributed by atoms with E-state index in [9.17, 15) is 14.7 Å². The Morgan fingerprint density at radius 1 is 1.00 bits per heavy atom. The molecule has 8 heteroatoms. The highest BCUT2D eigenvalue weighted by Crippen LogP contribution is 2.36. The molecule has 2 amide bonds. The standard InChI is InChI=1S/C22H24N2O6/c25-20(21(26)24-17-6-7-18-19(12-17)30-14-29-18)23-13-22(27,15-4-2-1-3-5-15)16-8-10-28-11-9-16/h1-7,12,16,27H,8-11,13-14H2,(H,23,25)(H,24,26)/t22-/m0/s1. The molecule has 1 fully saturated rings.